The number of benzene rings is 4. The molecule has 6 rings (SSSR count). The number of unbranched alkanes of at least 4 members (excludes halogenated alkanes) is 4. The summed E-state index contributed by atoms with van der Waals surface area (Å²) in [5.74, 6) is 3.58. The third-order valence-electron chi connectivity index (χ3n) is 11.7. The van der Waals surface area contributed by atoms with E-state index in [1.54, 1.807) is 11.1 Å². The van der Waals surface area contributed by atoms with Crippen LogP contribution in [0, 0.1) is 25.7 Å². The van der Waals surface area contributed by atoms with Gasteiger partial charge in [-0.2, -0.15) is 0 Å². The minimum Gasteiger partial charge on any atom is -0.0654 e. The first-order valence-corrected chi connectivity index (χ1v) is 19.9. The van der Waals surface area contributed by atoms with Gasteiger partial charge < -0.3 is 0 Å². The van der Waals surface area contributed by atoms with E-state index in [1.807, 2.05) is 0 Å². The van der Waals surface area contributed by atoms with Gasteiger partial charge in [0.15, 0.2) is 0 Å². The lowest BCUT2D eigenvalue weighted by molar-refractivity contribution is 0.303. The second kappa shape index (κ2) is 19.2. The molecular formula is C48H64. The third kappa shape index (κ3) is 10.9. The fourth-order valence-electron chi connectivity index (χ4n) is 8.32. The molecule has 0 bridgehead atoms. The van der Waals surface area contributed by atoms with Gasteiger partial charge in [-0.25, -0.2) is 0 Å². The topological polar surface area (TPSA) is 0 Å². The molecule has 4 aromatic carbocycles. The molecule has 0 aliphatic heterocycles. The summed E-state index contributed by atoms with van der Waals surface area (Å²) >= 11 is 0. The summed E-state index contributed by atoms with van der Waals surface area (Å²) in [6, 6.07) is 36.4. The normalized spacial score (nSPS) is 20.9. The fraction of sp³-hybridized carbons (Fsp3) is 0.500. The van der Waals surface area contributed by atoms with Crippen molar-refractivity contribution in [3.05, 3.63) is 119 Å². The Morgan fingerprint density at radius 1 is 0.375 bits per heavy atom. The van der Waals surface area contributed by atoms with Crippen molar-refractivity contribution in [2.75, 3.05) is 0 Å². The molecule has 0 unspecified atom stereocenters. The van der Waals surface area contributed by atoms with E-state index < -0.39 is 0 Å². The third-order valence-corrected chi connectivity index (χ3v) is 11.7. The molecule has 0 N–H and O–H groups in total. The molecule has 0 atom stereocenters. The molecule has 0 aromatic heterocycles. The molecule has 256 valence electrons. The van der Waals surface area contributed by atoms with E-state index in [9.17, 15) is 0 Å². The Balaban J connectivity index is 0.000000188. The molecule has 2 saturated carbocycles. The molecule has 0 heteroatoms. The Labute approximate surface area is 294 Å². The highest BCUT2D eigenvalue weighted by molar-refractivity contribution is 5.65. The average Bonchev–Trinajstić information content (AvgIpc) is 3.14. The maximum absolute atomic E-state index is 2.37. The van der Waals surface area contributed by atoms with E-state index in [1.165, 1.54) is 136 Å². The number of hydrogen-bond donors (Lipinski definition) is 0. The molecule has 0 amide bonds. The van der Waals surface area contributed by atoms with Crippen molar-refractivity contribution in [2.24, 2.45) is 11.8 Å². The monoisotopic (exact) mass is 641 g/mol. The lowest BCUT2D eigenvalue weighted by atomic mass is 9.77. The highest BCUT2D eigenvalue weighted by atomic mass is 14.3. The van der Waals surface area contributed by atoms with E-state index in [0.717, 1.165) is 23.7 Å². The maximum atomic E-state index is 2.37. The molecule has 0 radical (unpaired) electrons. The minimum absolute atomic E-state index is 0.791. The Hall–Kier alpha value is -3.12. The van der Waals surface area contributed by atoms with Gasteiger partial charge >= 0.3 is 0 Å². The van der Waals surface area contributed by atoms with Crippen molar-refractivity contribution in [2.45, 2.75) is 142 Å². The van der Waals surface area contributed by atoms with Crippen molar-refractivity contribution >= 4 is 0 Å². The molecule has 2 fully saturated rings. The lowest BCUT2D eigenvalue weighted by Crippen LogP contribution is -2.13. The summed E-state index contributed by atoms with van der Waals surface area (Å²) in [7, 11) is 0. The zero-order valence-corrected chi connectivity index (χ0v) is 30.9. The first-order chi connectivity index (χ1) is 23.5. The standard InChI is InChI=1S/2C24H32/c2*1-3-4-5-6-20-9-13-22(14-10-20)24-17-15-23(16-18-24)21-11-7-19(2)8-12-21/h2*7-8,11-12,15-18,20,22H,3-6,9-10,13-14H2,1-2H3. The van der Waals surface area contributed by atoms with Gasteiger partial charge in [0.2, 0.25) is 0 Å². The van der Waals surface area contributed by atoms with Gasteiger partial charge in [-0.05, 0) is 122 Å². The van der Waals surface area contributed by atoms with Crippen LogP contribution in [-0.4, -0.2) is 0 Å². The van der Waals surface area contributed by atoms with Crippen LogP contribution in [0.3, 0.4) is 0 Å². The van der Waals surface area contributed by atoms with Crippen LogP contribution in [0.2, 0.25) is 0 Å². The van der Waals surface area contributed by atoms with E-state index in [0.29, 0.717) is 0 Å². The summed E-state index contributed by atoms with van der Waals surface area (Å²) in [4.78, 5) is 0. The Morgan fingerprint density at radius 2 is 0.667 bits per heavy atom. The molecule has 48 heavy (non-hydrogen) atoms. The summed E-state index contributed by atoms with van der Waals surface area (Å²) in [6.45, 7) is 8.89. The molecular weight excluding hydrogens is 577 g/mol. The van der Waals surface area contributed by atoms with Crippen LogP contribution >= 0.6 is 0 Å². The molecule has 0 saturated heterocycles. The van der Waals surface area contributed by atoms with Gasteiger partial charge in [0.1, 0.15) is 0 Å². The van der Waals surface area contributed by atoms with Crippen LogP contribution in [0.4, 0.5) is 0 Å². The summed E-state index contributed by atoms with van der Waals surface area (Å²) < 4.78 is 0. The molecule has 4 aromatic rings. The van der Waals surface area contributed by atoms with Crippen LogP contribution in [0.25, 0.3) is 22.3 Å². The number of hydrogen-bond acceptors (Lipinski definition) is 0. The largest absolute Gasteiger partial charge is 0.0654 e. The van der Waals surface area contributed by atoms with Crippen molar-refractivity contribution in [3.8, 4) is 22.3 Å². The van der Waals surface area contributed by atoms with Crippen molar-refractivity contribution in [1.82, 2.24) is 0 Å². The summed E-state index contributed by atoms with van der Waals surface area (Å²) in [6.07, 6.45) is 22.7. The summed E-state index contributed by atoms with van der Waals surface area (Å²) in [5, 5.41) is 0. The van der Waals surface area contributed by atoms with Crippen LogP contribution in [-0.2, 0) is 0 Å². The van der Waals surface area contributed by atoms with Crippen LogP contribution < -0.4 is 0 Å². The van der Waals surface area contributed by atoms with Gasteiger partial charge in [-0.1, -0.05) is 173 Å². The fourth-order valence-corrected chi connectivity index (χ4v) is 8.32. The first-order valence-electron chi connectivity index (χ1n) is 19.9. The molecule has 2 aliphatic rings. The number of aryl methyl sites for hydroxylation is 2. The van der Waals surface area contributed by atoms with E-state index in [4.69, 9.17) is 0 Å². The van der Waals surface area contributed by atoms with Gasteiger partial charge in [-0.3, -0.25) is 0 Å². The smallest absolute Gasteiger partial charge is 0.0162 e. The first kappa shape index (κ1) is 36.2. The summed E-state index contributed by atoms with van der Waals surface area (Å²) in [5.41, 5.74) is 11.1. The predicted octanol–water partition coefficient (Wildman–Crippen LogP) is 15.0. The Morgan fingerprint density at radius 3 is 0.958 bits per heavy atom. The van der Waals surface area contributed by atoms with Crippen molar-refractivity contribution in [1.29, 1.82) is 0 Å². The van der Waals surface area contributed by atoms with E-state index in [2.05, 4.69) is 125 Å². The average molecular weight is 641 g/mol. The van der Waals surface area contributed by atoms with Crippen molar-refractivity contribution < 1.29 is 0 Å². The molecule has 0 spiro atoms. The second-order valence-corrected chi connectivity index (χ2v) is 15.4. The zero-order valence-electron chi connectivity index (χ0n) is 30.9. The van der Waals surface area contributed by atoms with Crippen LogP contribution in [0.15, 0.2) is 97.1 Å². The Bertz CT molecular complexity index is 1310. The van der Waals surface area contributed by atoms with Crippen LogP contribution in [0.1, 0.15) is 151 Å². The second-order valence-electron chi connectivity index (χ2n) is 15.4. The molecule has 0 heterocycles. The minimum atomic E-state index is 0.791. The van der Waals surface area contributed by atoms with Gasteiger partial charge in [0, 0.05) is 0 Å². The van der Waals surface area contributed by atoms with Crippen LogP contribution in [0.5, 0.6) is 0 Å². The SMILES string of the molecule is CCCCCC1CCC(c2ccc(-c3ccc(C)cc3)cc2)CC1.CCCCCC1CCC(c2ccc(-c3ccc(C)cc3)cc2)CC1. The van der Waals surface area contributed by atoms with E-state index >= 15 is 0 Å². The number of rotatable bonds is 12. The highest BCUT2D eigenvalue weighted by Crippen LogP contribution is 2.39. The van der Waals surface area contributed by atoms with Gasteiger partial charge in [0.25, 0.3) is 0 Å². The Kier molecular flexibility index (Phi) is 14.4. The zero-order chi connectivity index (χ0) is 33.6. The molecule has 2 aliphatic carbocycles. The predicted molar refractivity (Wildman–Crippen MR) is 211 cm³/mol. The highest BCUT2D eigenvalue weighted by Gasteiger charge is 2.23. The quantitative estimate of drug-likeness (QED) is 0.135. The maximum Gasteiger partial charge on any atom is -0.0162 e. The van der Waals surface area contributed by atoms with Gasteiger partial charge in [-0.15, -0.1) is 0 Å². The van der Waals surface area contributed by atoms with Gasteiger partial charge in [0.05, 0.1) is 0 Å². The lowest BCUT2D eigenvalue weighted by Gasteiger charge is -2.29. The van der Waals surface area contributed by atoms with Crippen molar-refractivity contribution in [3.63, 3.8) is 0 Å². The van der Waals surface area contributed by atoms with E-state index in [-0.39, 0.29) is 0 Å². The molecule has 0 nitrogen and oxygen atoms in total.